The highest BCUT2D eigenvalue weighted by atomic mass is 19.4. The molecule has 0 aliphatic rings. The second-order valence-corrected chi connectivity index (χ2v) is 2.83. The van der Waals surface area contributed by atoms with Gasteiger partial charge in [-0.2, -0.15) is 13.2 Å². The first-order valence-electron chi connectivity index (χ1n) is 4.23. The van der Waals surface area contributed by atoms with E-state index in [-0.39, 0.29) is 0 Å². The van der Waals surface area contributed by atoms with Gasteiger partial charge in [0.25, 0.3) is 0 Å². The van der Waals surface area contributed by atoms with Gasteiger partial charge in [0, 0.05) is 11.7 Å². The highest BCUT2D eigenvalue weighted by Crippen LogP contribution is 2.13. The van der Waals surface area contributed by atoms with E-state index in [1.54, 1.807) is 24.4 Å². The quantitative estimate of drug-likeness (QED) is 0.792. The summed E-state index contributed by atoms with van der Waals surface area (Å²) in [5, 5.41) is 9.70. The first kappa shape index (κ1) is 12.1. The van der Waals surface area contributed by atoms with Crippen molar-refractivity contribution in [2.24, 2.45) is 0 Å². The summed E-state index contributed by atoms with van der Waals surface area (Å²) in [6.45, 7) is -3.67. The van der Waals surface area contributed by atoms with E-state index in [0.29, 0.717) is 5.56 Å². The lowest BCUT2D eigenvalue weighted by Gasteiger charge is -1.93. The number of aromatic amines is 1. The molecule has 2 N–H and O–H groups in total. The Hall–Kier alpha value is -1.98. The van der Waals surface area contributed by atoms with Crippen LogP contribution < -0.4 is 0 Å². The summed E-state index contributed by atoms with van der Waals surface area (Å²) < 4.78 is 29.0. The normalized spacial score (nSPS) is 10.0. The molecular formula is C10H8F3NO2. The SMILES string of the molecule is FC(F)F.O=C(O)c1ccc2cc[nH]c2c1. The molecule has 2 rings (SSSR count). The molecule has 3 nitrogen and oxygen atoms in total. The number of carbonyl (C=O) groups is 1. The van der Waals surface area contributed by atoms with E-state index in [1.165, 1.54) is 0 Å². The number of hydrogen-bond acceptors (Lipinski definition) is 1. The van der Waals surface area contributed by atoms with Crippen molar-refractivity contribution >= 4 is 16.9 Å². The minimum atomic E-state index is -3.67. The minimum Gasteiger partial charge on any atom is -0.478 e. The Morgan fingerprint density at radius 1 is 1.25 bits per heavy atom. The number of benzene rings is 1. The van der Waals surface area contributed by atoms with Crippen molar-refractivity contribution in [3.63, 3.8) is 0 Å². The molecule has 86 valence electrons. The van der Waals surface area contributed by atoms with Crippen molar-refractivity contribution in [2.45, 2.75) is 6.68 Å². The van der Waals surface area contributed by atoms with Crippen LogP contribution in [0.25, 0.3) is 10.9 Å². The first-order valence-corrected chi connectivity index (χ1v) is 4.23. The number of rotatable bonds is 1. The lowest BCUT2D eigenvalue weighted by molar-refractivity contribution is 0.00818. The van der Waals surface area contributed by atoms with Gasteiger partial charge in [-0.3, -0.25) is 0 Å². The summed E-state index contributed by atoms with van der Waals surface area (Å²) in [5.74, 6) is -0.897. The van der Waals surface area contributed by atoms with Gasteiger partial charge in [0.15, 0.2) is 0 Å². The van der Waals surface area contributed by atoms with E-state index in [9.17, 15) is 18.0 Å². The molecule has 1 aromatic heterocycles. The fourth-order valence-electron chi connectivity index (χ4n) is 1.18. The Morgan fingerprint density at radius 2 is 1.88 bits per heavy atom. The van der Waals surface area contributed by atoms with Crippen molar-refractivity contribution in [1.82, 2.24) is 4.98 Å². The number of aromatic carboxylic acids is 1. The van der Waals surface area contributed by atoms with Crippen LogP contribution >= 0.6 is 0 Å². The van der Waals surface area contributed by atoms with Gasteiger partial charge >= 0.3 is 12.6 Å². The molecule has 0 atom stereocenters. The largest absolute Gasteiger partial charge is 0.478 e. The molecule has 6 heteroatoms. The van der Waals surface area contributed by atoms with Gasteiger partial charge in [-0.25, -0.2) is 4.79 Å². The van der Waals surface area contributed by atoms with Crippen LogP contribution in [0.15, 0.2) is 30.5 Å². The van der Waals surface area contributed by atoms with Gasteiger partial charge in [-0.05, 0) is 23.6 Å². The highest BCUT2D eigenvalue weighted by molar-refractivity contribution is 5.93. The summed E-state index contributed by atoms with van der Waals surface area (Å²) in [6.07, 6.45) is 1.79. The summed E-state index contributed by atoms with van der Waals surface area (Å²) in [4.78, 5) is 13.5. The Morgan fingerprint density at radius 3 is 2.44 bits per heavy atom. The molecule has 0 saturated carbocycles. The van der Waals surface area contributed by atoms with Gasteiger partial charge in [-0.1, -0.05) is 6.07 Å². The zero-order valence-electron chi connectivity index (χ0n) is 7.95. The topological polar surface area (TPSA) is 53.1 Å². The van der Waals surface area contributed by atoms with E-state index in [0.717, 1.165) is 10.9 Å². The molecular weight excluding hydrogens is 223 g/mol. The molecule has 0 fully saturated rings. The number of halogens is 3. The molecule has 0 radical (unpaired) electrons. The Balaban J connectivity index is 0.000000280. The predicted molar refractivity (Wildman–Crippen MR) is 52.4 cm³/mol. The summed E-state index contributed by atoms with van der Waals surface area (Å²) in [5.41, 5.74) is 1.17. The van der Waals surface area contributed by atoms with Crippen LogP contribution in [-0.2, 0) is 0 Å². The first-order chi connectivity index (χ1) is 7.50. The van der Waals surface area contributed by atoms with E-state index in [1.807, 2.05) is 6.07 Å². The Labute approximate surface area is 88.5 Å². The monoisotopic (exact) mass is 231 g/mol. The van der Waals surface area contributed by atoms with Crippen LogP contribution in [0, 0.1) is 0 Å². The summed E-state index contributed by atoms with van der Waals surface area (Å²) >= 11 is 0. The van der Waals surface area contributed by atoms with Crippen molar-refractivity contribution in [1.29, 1.82) is 0 Å². The number of nitrogens with one attached hydrogen (secondary N) is 1. The molecule has 0 aliphatic carbocycles. The zero-order valence-corrected chi connectivity index (χ0v) is 7.95. The Kier molecular flexibility index (Phi) is 3.93. The van der Waals surface area contributed by atoms with Crippen molar-refractivity contribution in [3.8, 4) is 0 Å². The van der Waals surface area contributed by atoms with Gasteiger partial charge in [-0.15, -0.1) is 0 Å². The van der Waals surface area contributed by atoms with Crippen LogP contribution in [0.2, 0.25) is 0 Å². The number of hydrogen-bond donors (Lipinski definition) is 2. The maximum atomic E-state index is 10.6. The minimum absolute atomic E-state index is 0.310. The van der Waals surface area contributed by atoms with E-state index >= 15 is 0 Å². The van der Waals surface area contributed by atoms with Crippen LogP contribution in [0.4, 0.5) is 13.2 Å². The molecule has 16 heavy (non-hydrogen) atoms. The zero-order chi connectivity index (χ0) is 12.1. The van der Waals surface area contributed by atoms with E-state index < -0.39 is 12.6 Å². The maximum Gasteiger partial charge on any atom is 0.379 e. The average molecular weight is 231 g/mol. The lowest BCUT2D eigenvalue weighted by atomic mass is 10.2. The van der Waals surface area contributed by atoms with Crippen LogP contribution in [0.3, 0.4) is 0 Å². The molecule has 2 aromatic rings. The molecule has 0 bridgehead atoms. The fourth-order valence-corrected chi connectivity index (χ4v) is 1.18. The van der Waals surface area contributed by atoms with E-state index in [2.05, 4.69) is 4.98 Å². The van der Waals surface area contributed by atoms with Gasteiger partial charge < -0.3 is 10.1 Å². The van der Waals surface area contributed by atoms with Crippen LogP contribution in [0.5, 0.6) is 0 Å². The molecule has 0 saturated heterocycles. The molecule has 1 aromatic carbocycles. The molecule has 0 spiro atoms. The number of H-pyrrole nitrogens is 1. The van der Waals surface area contributed by atoms with Crippen LogP contribution in [-0.4, -0.2) is 22.7 Å². The fraction of sp³-hybridized carbons (Fsp3) is 0.100. The summed E-state index contributed by atoms with van der Waals surface area (Å²) in [6, 6.07) is 6.91. The third-order valence-corrected chi connectivity index (χ3v) is 1.80. The van der Waals surface area contributed by atoms with E-state index in [4.69, 9.17) is 5.11 Å². The van der Waals surface area contributed by atoms with Gasteiger partial charge in [0.1, 0.15) is 0 Å². The molecule has 0 unspecified atom stereocenters. The number of fused-ring (bicyclic) bond motifs is 1. The lowest BCUT2D eigenvalue weighted by Crippen LogP contribution is -1.94. The second-order valence-electron chi connectivity index (χ2n) is 2.83. The number of carboxylic acid groups (broad SMARTS) is 1. The van der Waals surface area contributed by atoms with Crippen LogP contribution in [0.1, 0.15) is 10.4 Å². The number of aromatic nitrogens is 1. The number of alkyl halides is 3. The molecule has 0 aliphatic heterocycles. The maximum absolute atomic E-state index is 10.6. The van der Waals surface area contributed by atoms with Crippen molar-refractivity contribution in [3.05, 3.63) is 36.0 Å². The summed E-state index contributed by atoms with van der Waals surface area (Å²) in [7, 11) is 0. The average Bonchev–Trinajstić information content (AvgIpc) is 2.62. The van der Waals surface area contributed by atoms with Crippen molar-refractivity contribution in [2.75, 3.05) is 0 Å². The predicted octanol–water partition coefficient (Wildman–Crippen LogP) is 3.04. The van der Waals surface area contributed by atoms with Gasteiger partial charge in [0.05, 0.1) is 5.56 Å². The molecule has 1 heterocycles. The smallest absolute Gasteiger partial charge is 0.379 e. The standard InChI is InChI=1S/C9H7NO2.CHF3/c11-9(12)7-2-1-6-3-4-10-8(6)5-7;2-1(3)4/h1-5,10H,(H,11,12);1H. The second kappa shape index (κ2) is 5.20. The number of carboxylic acids is 1. The van der Waals surface area contributed by atoms with Gasteiger partial charge in [0.2, 0.25) is 0 Å². The molecule has 0 amide bonds. The highest BCUT2D eigenvalue weighted by Gasteiger charge is 2.02. The third kappa shape index (κ3) is 3.30. The third-order valence-electron chi connectivity index (χ3n) is 1.80. The Bertz CT molecular complexity index is 479. The van der Waals surface area contributed by atoms with Crippen molar-refractivity contribution < 1.29 is 23.1 Å².